The van der Waals surface area contributed by atoms with Crippen molar-refractivity contribution in [1.29, 1.82) is 0 Å². The molecule has 100 valence electrons. The second kappa shape index (κ2) is 5.54. The molecule has 0 aromatic carbocycles. The van der Waals surface area contributed by atoms with Gasteiger partial charge in [0, 0.05) is 6.61 Å². The maximum absolute atomic E-state index is 12.8. The zero-order valence-corrected chi connectivity index (χ0v) is 12.3. The lowest BCUT2D eigenvalue weighted by Crippen LogP contribution is -2.45. The van der Waals surface area contributed by atoms with Crippen LogP contribution in [0.1, 0.15) is 54.8 Å². The monoisotopic (exact) mass is 266 g/mol. The van der Waals surface area contributed by atoms with Gasteiger partial charge < -0.3 is 4.74 Å². The third-order valence-corrected chi connectivity index (χ3v) is 4.87. The van der Waals surface area contributed by atoms with E-state index in [4.69, 9.17) is 4.74 Å². The molecule has 0 spiro atoms. The van der Waals surface area contributed by atoms with Crippen LogP contribution < -0.4 is 0 Å². The molecular weight excluding hydrogens is 244 g/mol. The Labute approximate surface area is 113 Å². The van der Waals surface area contributed by atoms with Crippen molar-refractivity contribution < 1.29 is 9.53 Å². The van der Waals surface area contributed by atoms with Gasteiger partial charge in [-0.2, -0.15) is 0 Å². The molecule has 0 N–H and O–H groups in total. The van der Waals surface area contributed by atoms with E-state index >= 15 is 0 Å². The van der Waals surface area contributed by atoms with Crippen molar-refractivity contribution >= 4 is 17.1 Å². The lowest BCUT2D eigenvalue weighted by atomic mass is 9.75. The number of hydrogen-bond acceptors (Lipinski definition) is 3. The van der Waals surface area contributed by atoms with Gasteiger partial charge in [0.1, 0.15) is 5.60 Å². The highest BCUT2D eigenvalue weighted by Crippen LogP contribution is 2.39. The van der Waals surface area contributed by atoms with Crippen LogP contribution in [0.25, 0.3) is 0 Å². The van der Waals surface area contributed by atoms with Gasteiger partial charge in [-0.15, -0.1) is 11.3 Å². The number of carbonyl (C=O) groups excluding carboxylic acids is 1. The Bertz CT molecular complexity index is 420. The molecule has 1 heterocycles. The first-order valence-corrected chi connectivity index (χ1v) is 7.70. The number of ketones is 1. The second-order valence-electron chi connectivity index (χ2n) is 5.39. The van der Waals surface area contributed by atoms with E-state index < -0.39 is 5.60 Å². The summed E-state index contributed by atoms with van der Waals surface area (Å²) in [5.41, 5.74) is 0.532. The predicted octanol–water partition coefficient (Wildman–Crippen LogP) is 4.22. The molecule has 1 aromatic heterocycles. The zero-order valence-electron chi connectivity index (χ0n) is 11.5. The average Bonchev–Trinajstić information content (AvgIpc) is 2.75. The first kappa shape index (κ1) is 13.8. The molecule has 2 rings (SSSR count). The maximum Gasteiger partial charge on any atom is 0.204 e. The predicted molar refractivity (Wildman–Crippen MR) is 75.4 cm³/mol. The number of hydrogen-bond donors (Lipinski definition) is 0. The number of Topliss-reactive ketones (excluding diaryl/α,β-unsaturated/α-hetero) is 1. The number of rotatable bonds is 4. The van der Waals surface area contributed by atoms with E-state index in [1.165, 1.54) is 6.42 Å². The molecule has 3 heteroatoms. The number of aryl methyl sites for hydroxylation is 1. The SMILES string of the molecule is CCOC1(C(=O)c2sccc2C)CCCC(C)C1. The van der Waals surface area contributed by atoms with E-state index in [9.17, 15) is 4.79 Å². The van der Waals surface area contributed by atoms with Crippen LogP contribution in [0.4, 0.5) is 0 Å². The summed E-state index contributed by atoms with van der Waals surface area (Å²) in [5, 5.41) is 1.99. The second-order valence-corrected chi connectivity index (χ2v) is 6.31. The molecular formula is C15H22O2S. The molecule has 0 aliphatic heterocycles. The van der Waals surface area contributed by atoms with Crippen LogP contribution in [-0.4, -0.2) is 18.0 Å². The topological polar surface area (TPSA) is 26.3 Å². The van der Waals surface area contributed by atoms with Crippen LogP contribution in [0, 0.1) is 12.8 Å². The Morgan fingerprint density at radius 1 is 1.61 bits per heavy atom. The summed E-state index contributed by atoms with van der Waals surface area (Å²) >= 11 is 1.55. The minimum atomic E-state index is -0.554. The fourth-order valence-corrected chi connectivity index (χ4v) is 3.95. The standard InChI is InChI=1S/C15H22O2S/c1-4-17-15(8-5-6-11(2)10-15)14(16)13-12(3)7-9-18-13/h7,9,11H,4-6,8,10H2,1-3H3. The smallest absolute Gasteiger partial charge is 0.204 e. The first-order valence-electron chi connectivity index (χ1n) is 6.82. The molecule has 2 nitrogen and oxygen atoms in total. The molecule has 1 aliphatic rings. The van der Waals surface area contributed by atoms with Gasteiger partial charge in [0.05, 0.1) is 4.88 Å². The average molecular weight is 266 g/mol. The zero-order chi connectivity index (χ0) is 13.2. The van der Waals surface area contributed by atoms with Gasteiger partial charge in [0.25, 0.3) is 0 Å². The summed E-state index contributed by atoms with van der Waals surface area (Å²) in [6, 6.07) is 2.02. The summed E-state index contributed by atoms with van der Waals surface area (Å²) in [5.74, 6) is 0.790. The van der Waals surface area contributed by atoms with Gasteiger partial charge in [-0.3, -0.25) is 4.79 Å². The third-order valence-electron chi connectivity index (χ3n) is 3.86. The van der Waals surface area contributed by atoms with E-state index in [0.717, 1.165) is 29.7 Å². The van der Waals surface area contributed by atoms with Crippen LogP contribution in [0.3, 0.4) is 0 Å². The van der Waals surface area contributed by atoms with E-state index in [-0.39, 0.29) is 5.78 Å². The van der Waals surface area contributed by atoms with Gasteiger partial charge in [-0.25, -0.2) is 0 Å². The summed E-state index contributed by atoms with van der Waals surface area (Å²) < 4.78 is 5.94. The molecule has 2 unspecified atom stereocenters. The van der Waals surface area contributed by atoms with Crippen LogP contribution in [0.5, 0.6) is 0 Å². The van der Waals surface area contributed by atoms with Gasteiger partial charge in [0.15, 0.2) is 0 Å². The van der Waals surface area contributed by atoms with Crippen LogP contribution >= 0.6 is 11.3 Å². The Balaban J connectivity index is 2.29. The first-order chi connectivity index (χ1) is 8.59. The van der Waals surface area contributed by atoms with Crippen molar-refractivity contribution in [2.75, 3.05) is 6.61 Å². The van der Waals surface area contributed by atoms with Crippen molar-refractivity contribution in [2.24, 2.45) is 5.92 Å². The van der Waals surface area contributed by atoms with Gasteiger partial charge in [0.2, 0.25) is 5.78 Å². The summed E-state index contributed by atoms with van der Waals surface area (Å²) in [6.07, 6.45) is 4.06. The molecule has 1 aromatic rings. The minimum Gasteiger partial charge on any atom is -0.367 e. The summed E-state index contributed by atoms with van der Waals surface area (Å²) in [6.45, 7) is 6.83. The van der Waals surface area contributed by atoms with Crippen molar-refractivity contribution in [3.8, 4) is 0 Å². The Hall–Kier alpha value is -0.670. The lowest BCUT2D eigenvalue weighted by molar-refractivity contribution is -0.0509. The highest BCUT2D eigenvalue weighted by molar-refractivity contribution is 7.12. The van der Waals surface area contributed by atoms with E-state index in [2.05, 4.69) is 6.92 Å². The lowest BCUT2D eigenvalue weighted by Gasteiger charge is -2.38. The summed E-state index contributed by atoms with van der Waals surface area (Å²) in [4.78, 5) is 13.7. The Morgan fingerprint density at radius 2 is 2.39 bits per heavy atom. The highest BCUT2D eigenvalue weighted by Gasteiger charge is 2.43. The molecule has 0 amide bonds. The molecule has 0 bridgehead atoms. The Morgan fingerprint density at radius 3 is 2.94 bits per heavy atom. The largest absolute Gasteiger partial charge is 0.367 e. The molecule has 1 aliphatic carbocycles. The normalized spacial score (nSPS) is 28.3. The third kappa shape index (κ3) is 2.52. The molecule has 2 atom stereocenters. The molecule has 1 saturated carbocycles. The maximum atomic E-state index is 12.8. The van der Waals surface area contributed by atoms with Crippen molar-refractivity contribution in [2.45, 2.75) is 52.1 Å². The Kier molecular flexibility index (Phi) is 4.23. The highest BCUT2D eigenvalue weighted by atomic mass is 32.1. The van der Waals surface area contributed by atoms with Gasteiger partial charge in [-0.1, -0.05) is 13.3 Å². The van der Waals surface area contributed by atoms with Crippen molar-refractivity contribution in [1.82, 2.24) is 0 Å². The quantitative estimate of drug-likeness (QED) is 0.762. The van der Waals surface area contributed by atoms with E-state index in [1.54, 1.807) is 11.3 Å². The minimum absolute atomic E-state index is 0.211. The molecule has 18 heavy (non-hydrogen) atoms. The molecule has 0 saturated heterocycles. The molecule has 0 radical (unpaired) electrons. The number of thiophene rings is 1. The van der Waals surface area contributed by atoms with Crippen LogP contribution in [0.2, 0.25) is 0 Å². The van der Waals surface area contributed by atoms with E-state index in [0.29, 0.717) is 12.5 Å². The van der Waals surface area contributed by atoms with Gasteiger partial charge >= 0.3 is 0 Å². The molecule has 1 fully saturated rings. The van der Waals surface area contributed by atoms with E-state index in [1.807, 2.05) is 25.3 Å². The van der Waals surface area contributed by atoms with Crippen LogP contribution in [-0.2, 0) is 4.74 Å². The van der Waals surface area contributed by atoms with Crippen LogP contribution in [0.15, 0.2) is 11.4 Å². The fourth-order valence-electron chi connectivity index (χ4n) is 2.99. The van der Waals surface area contributed by atoms with Crippen molar-refractivity contribution in [3.05, 3.63) is 21.9 Å². The summed E-state index contributed by atoms with van der Waals surface area (Å²) in [7, 11) is 0. The van der Waals surface area contributed by atoms with Gasteiger partial charge in [-0.05, 0) is 56.0 Å². The van der Waals surface area contributed by atoms with Crippen molar-refractivity contribution in [3.63, 3.8) is 0 Å². The number of carbonyl (C=O) groups is 1. The fraction of sp³-hybridized carbons (Fsp3) is 0.667. The number of ether oxygens (including phenoxy) is 1.